The summed E-state index contributed by atoms with van der Waals surface area (Å²) in [6.07, 6.45) is 3.79. The second-order valence-corrected chi connectivity index (χ2v) is 7.42. The molecule has 0 aromatic rings. The van der Waals surface area contributed by atoms with E-state index in [1.807, 2.05) is 13.8 Å². The Balaban J connectivity index is 5.75. The molecule has 3 atom stereocenters. The molecule has 3 unspecified atom stereocenters. The second-order valence-electron chi connectivity index (χ2n) is 7.42. The standard InChI is InChI=1S/C19H33N3O4/c1-8-10-13(17(24)22-26)14(11-12(3)4)16(23)21-15(18(25)20-7)19(5,6)9-2/h8-9,12-15,26H,1-2,10-11H2,3-7H3,(H,20,25)(H,21,23)(H,22,24). The molecule has 0 rings (SSSR count). The van der Waals surface area contributed by atoms with E-state index in [4.69, 9.17) is 5.21 Å². The zero-order valence-electron chi connectivity index (χ0n) is 16.5. The molecule has 26 heavy (non-hydrogen) atoms. The van der Waals surface area contributed by atoms with Crippen LogP contribution in [0, 0.1) is 23.2 Å². The van der Waals surface area contributed by atoms with E-state index in [-0.39, 0.29) is 18.2 Å². The van der Waals surface area contributed by atoms with Crippen molar-refractivity contribution >= 4 is 17.7 Å². The van der Waals surface area contributed by atoms with Crippen molar-refractivity contribution in [2.45, 2.75) is 46.6 Å². The second kappa shape index (κ2) is 10.8. The molecular weight excluding hydrogens is 334 g/mol. The number of carbonyl (C=O) groups excluding carboxylic acids is 3. The summed E-state index contributed by atoms with van der Waals surface area (Å²) in [6.45, 7) is 14.8. The minimum Gasteiger partial charge on any atom is -0.357 e. The molecule has 0 bridgehead atoms. The lowest BCUT2D eigenvalue weighted by Gasteiger charge is -2.33. The van der Waals surface area contributed by atoms with Crippen LogP contribution in [0.5, 0.6) is 0 Å². The first-order chi connectivity index (χ1) is 12.0. The highest BCUT2D eigenvalue weighted by atomic mass is 16.5. The Labute approximate surface area is 156 Å². The van der Waals surface area contributed by atoms with Crippen molar-refractivity contribution in [3.05, 3.63) is 25.3 Å². The lowest BCUT2D eigenvalue weighted by atomic mass is 9.80. The Morgan fingerprint density at radius 1 is 1.08 bits per heavy atom. The third kappa shape index (κ3) is 6.63. The Hall–Kier alpha value is -2.15. The molecule has 3 amide bonds. The number of hydrogen-bond donors (Lipinski definition) is 4. The molecule has 0 fully saturated rings. The van der Waals surface area contributed by atoms with Gasteiger partial charge in [-0.25, -0.2) is 5.48 Å². The fourth-order valence-electron chi connectivity index (χ4n) is 2.78. The van der Waals surface area contributed by atoms with Crippen LogP contribution in [0.3, 0.4) is 0 Å². The highest BCUT2D eigenvalue weighted by molar-refractivity contribution is 5.92. The smallest absolute Gasteiger partial charge is 0.247 e. The van der Waals surface area contributed by atoms with E-state index in [0.717, 1.165) is 0 Å². The van der Waals surface area contributed by atoms with Crippen molar-refractivity contribution in [3.8, 4) is 0 Å². The quantitative estimate of drug-likeness (QED) is 0.254. The molecule has 0 saturated heterocycles. The van der Waals surface area contributed by atoms with Crippen LogP contribution in [0.15, 0.2) is 25.3 Å². The Morgan fingerprint density at radius 2 is 1.65 bits per heavy atom. The Bertz CT molecular complexity index is 529. The van der Waals surface area contributed by atoms with Crippen molar-refractivity contribution in [1.82, 2.24) is 16.1 Å². The van der Waals surface area contributed by atoms with Gasteiger partial charge in [-0.2, -0.15) is 0 Å². The molecule has 7 nitrogen and oxygen atoms in total. The van der Waals surface area contributed by atoms with Crippen LogP contribution < -0.4 is 16.1 Å². The van der Waals surface area contributed by atoms with E-state index in [2.05, 4.69) is 23.8 Å². The first kappa shape index (κ1) is 23.9. The van der Waals surface area contributed by atoms with E-state index in [1.54, 1.807) is 25.4 Å². The lowest BCUT2D eigenvalue weighted by molar-refractivity contribution is -0.142. The summed E-state index contributed by atoms with van der Waals surface area (Å²) in [5.74, 6) is -2.78. The third-order valence-corrected chi connectivity index (χ3v) is 4.48. The summed E-state index contributed by atoms with van der Waals surface area (Å²) >= 11 is 0. The number of rotatable bonds is 11. The Morgan fingerprint density at radius 3 is 2.04 bits per heavy atom. The van der Waals surface area contributed by atoms with E-state index < -0.39 is 35.1 Å². The van der Waals surface area contributed by atoms with Gasteiger partial charge in [0.2, 0.25) is 17.7 Å². The van der Waals surface area contributed by atoms with Crippen LogP contribution in [-0.4, -0.2) is 36.0 Å². The molecule has 0 aliphatic rings. The average Bonchev–Trinajstić information content (AvgIpc) is 2.60. The van der Waals surface area contributed by atoms with Crippen LogP contribution in [0.2, 0.25) is 0 Å². The average molecular weight is 367 g/mol. The SMILES string of the molecule is C=CCC(C(=O)NO)C(CC(C)C)C(=O)NC(C(=O)NC)C(C)(C)C=C. The van der Waals surface area contributed by atoms with Gasteiger partial charge in [-0.1, -0.05) is 39.8 Å². The minimum absolute atomic E-state index is 0.135. The molecular formula is C19H33N3O4. The van der Waals surface area contributed by atoms with Crippen LogP contribution >= 0.6 is 0 Å². The molecule has 0 radical (unpaired) electrons. The topological polar surface area (TPSA) is 108 Å². The van der Waals surface area contributed by atoms with Gasteiger partial charge >= 0.3 is 0 Å². The van der Waals surface area contributed by atoms with Crippen LogP contribution in [0.1, 0.15) is 40.5 Å². The summed E-state index contributed by atoms with van der Waals surface area (Å²) in [4.78, 5) is 37.3. The predicted molar refractivity (Wildman–Crippen MR) is 101 cm³/mol. The molecule has 0 aromatic heterocycles. The molecule has 4 N–H and O–H groups in total. The highest BCUT2D eigenvalue weighted by Crippen LogP contribution is 2.27. The van der Waals surface area contributed by atoms with Crippen molar-refractivity contribution in [2.24, 2.45) is 23.2 Å². The number of hydroxylamine groups is 1. The van der Waals surface area contributed by atoms with Gasteiger partial charge < -0.3 is 10.6 Å². The fourth-order valence-corrected chi connectivity index (χ4v) is 2.78. The first-order valence-corrected chi connectivity index (χ1v) is 8.76. The van der Waals surface area contributed by atoms with E-state index in [1.165, 1.54) is 13.1 Å². The zero-order chi connectivity index (χ0) is 20.5. The zero-order valence-corrected chi connectivity index (χ0v) is 16.5. The van der Waals surface area contributed by atoms with E-state index >= 15 is 0 Å². The van der Waals surface area contributed by atoms with Gasteiger partial charge in [0.1, 0.15) is 6.04 Å². The third-order valence-electron chi connectivity index (χ3n) is 4.48. The molecule has 148 valence electrons. The summed E-state index contributed by atoms with van der Waals surface area (Å²) in [5.41, 5.74) is 0.936. The van der Waals surface area contributed by atoms with Gasteiger partial charge in [-0.15, -0.1) is 13.2 Å². The number of amides is 3. The molecule has 0 spiro atoms. The normalized spacial score (nSPS) is 14.7. The molecule has 0 saturated carbocycles. The molecule has 7 heteroatoms. The van der Waals surface area contributed by atoms with Crippen molar-refractivity contribution in [2.75, 3.05) is 7.05 Å². The Kier molecular flexibility index (Phi) is 9.86. The van der Waals surface area contributed by atoms with Gasteiger partial charge in [0.15, 0.2) is 0 Å². The van der Waals surface area contributed by atoms with Gasteiger partial charge in [0, 0.05) is 12.5 Å². The van der Waals surface area contributed by atoms with Crippen molar-refractivity contribution in [1.29, 1.82) is 0 Å². The van der Waals surface area contributed by atoms with Gasteiger partial charge in [-0.05, 0) is 18.8 Å². The van der Waals surface area contributed by atoms with Gasteiger partial charge in [0.25, 0.3) is 0 Å². The number of carbonyl (C=O) groups is 3. The first-order valence-electron chi connectivity index (χ1n) is 8.76. The van der Waals surface area contributed by atoms with Gasteiger partial charge in [-0.3, -0.25) is 19.6 Å². The minimum atomic E-state index is -0.839. The maximum atomic E-state index is 13.0. The highest BCUT2D eigenvalue weighted by Gasteiger charge is 2.38. The maximum absolute atomic E-state index is 13.0. The summed E-state index contributed by atoms with van der Waals surface area (Å²) in [5, 5.41) is 14.3. The van der Waals surface area contributed by atoms with Crippen LogP contribution in [0.4, 0.5) is 0 Å². The number of nitrogens with one attached hydrogen (secondary N) is 3. The number of hydrogen-bond acceptors (Lipinski definition) is 4. The largest absolute Gasteiger partial charge is 0.357 e. The predicted octanol–water partition coefficient (Wildman–Crippen LogP) is 1.79. The van der Waals surface area contributed by atoms with E-state index in [0.29, 0.717) is 6.42 Å². The molecule has 0 aliphatic carbocycles. The van der Waals surface area contributed by atoms with Gasteiger partial charge in [0.05, 0.1) is 11.8 Å². The van der Waals surface area contributed by atoms with Crippen LogP contribution in [0.25, 0.3) is 0 Å². The van der Waals surface area contributed by atoms with Crippen LogP contribution in [-0.2, 0) is 14.4 Å². The molecule has 0 heterocycles. The fraction of sp³-hybridized carbons (Fsp3) is 0.632. The summed E-state index contributed by atoms with van der Waals surface area (Å²) in [7, 11) is 1.49. The summed E-state index contributed by atoms with van der Waals surface area (Å²) in [6, 6.07) is -0.839. The van der Waals surface area contributed by atoms with Crippen molar-refractivity contribution < 1.29 is 19.6 Å². The molecule has 0 aromatic carbocycles. The van der Waals surface area contributed by atoms with Crippen molar-refractivity contribution in [3.63, 3.8) is 0 Å². The number of allylic oxidation sites excluding steroid dienone is 1. The number of likely N-dealkylation sites (N-methyl/N-ethyl adjacent to an activating group) is 1. The van der Waals surface area contributed by atoms with E-state index in [9.17, 15) is 14.4 Å². The molecule has 0 aliphatic heterocycles. The monoisotopic (exact) mass is 367 g/mol. The maximum Gasteiger partial charge on any atom is 0.247 e. The lowest BCUT2D eigenvalue weighted by Crippen LogP contribution is -2.55. The summed E-state index contributed by atoms with van der Waals surface area (Å²) < 4.78 is 0.